The molecule has 0 N–H and O–H groups in total. The Morgan fingerprint density at radius 2 is 1.82 bits per heavy atom. The van der Waals surface area contributed by atoms with Crippen LogP contribution >= 0.6 is 11.8 Å². The number of halogens is 3. The molecule has 5 nitrogen and oxygen atoms in total. The average molecular weight is 413 g/mol. The second-order valence-electron chi connectivity index (χ2n) is 6.01. The minimum absolute atomic E-state index is 0.231. The summed E-state index contributed by atoms with van der Waals surface area (Å²) < 4.78 is 44.8. The summed E-state index contributed by atoms with van der Waals surface area (Å²) in [5.74, 6) is -0.173. The lowest BCUT2D eigenvalue weighted by Crippen LogP contribution is -2.19. The van der Waals surface area contributed by atoms with Gasteiger partial charge in [-0.3, -0.25) is 14.9 Å². The lowest BCUT2D eigenvalue weighted by molar-refractivity contribution is -0.483. The fraction of sp³-hybridized carbons (Fsp3) is 0.316. The van der Waals surface area contributed by atoms with Crippen molar-refractivity contribution in [1.82, 2.24) is 0 Å². The highest BCUT2D eigenvalue weighted by molar-refractivity contribution is 8.12. The summed E-state index contributed by atoms with van der Waals surface area (Å²) in [6.45, 7) is -0.748. The van der Waals surface area contributed by atoms with Crippen molar-refractivity contribution >= 4 is 16.9 Å². The number of benzene rings is 2. The lowest BCUT2D eigenvalue weighted by atomic mass is 9.91. The van der Waals surface area contributed by atoms with E-state index in [1.807, 2.05) is 0 Å². The van der Waals surface area contributed by atoms with Crippen LogP contribution in [-0.2, 0) is 16.7 Å². The minimum atomic E-state index is -4.65. The van der Waals surface area contributed by atoms with Crippen LogP contribution in [0.15, 0.2) is 48.5 Å². The van der Waals surface area contributed by atoms with Crippen LogP contribution < -0.4 is 4.74 Å². The topological polar surface area (TPSA) is 69.4 Å². The van der Waals surface area contributed by atoms with Gasteiger partial charge in [-0.1, -0.05) is 42.1 Å². The normalized spacial score (nSPS) is 12.4. The number of nitro groups is 1. The predicted molar refractivity (Wildman–Crippen MR) is 100.0 cm³/mol. The smallest absolute Gasteiger partial charge is 0.416 e. The van der Waals surface area contributed by atoms with Crippen LogP contribution in [0.5, 0.6) is 5.75 Å². The lowest BCUT2D eigenvalue weighted by Gasteiger charge is -2.18. The fourth-order valence-electron chi connectivity index (χ4n) is 2.71. The molecule has 0 aliphatic heterocycles. The van der Waals surface area contributed by atoms with Crippen molar-refractivity contribution < 1.29 is 27.6 Å². The third-order valence-electron chi connectivity index (χ3n) is 4.05. The Morgan fingerprint density at radius 1 is 1.18 bits per heavy atom. The first-order valence-corrected chi connectivity index (χ1v) is 9.25. The van der Waals surface area contributed by atoms with Crippen LogP contribution in [0.1, 0.15) is 29.0 Å². The predicted octanol–water partition coefficient (Wildman–Crippen LogP) is 4.92. The molecular weight excluding hydrogens is 395 g/mol. The highest BCUT2D eigenvalue weighted by atomic mass is 32.2. The van der Waals surface area contributed by atoms with Gasteiger partial charge >= 0.3 is 6.18 Å². The standard InChI is InChI=1S/C19H18F3NO4S/c1-27-15-8-6-13(7-9-15)12-28-18(24)10-14(11-23(25)26)16-4-2-3-5-17(16)19(20,21)22/h2-9,14H,10-12H2,1H3/t14-/m1/s1. The van der Waals surface area contributed by atoms with Gasteiger partial charge in [0.05, 0.1) is 18.6 Å². The highest BCUT2D eigenvalue weighted by Crippen LogP contribution is 2.37. The van der Waals surface area contributed by atoms with Crippen molar-refractivity contribution in [2.75, 3.05) is 13.7 Å². The Morgan fingerprint density at radius 3 is 2.39 bits per heavy atom. The Kier molecular flexibility index (Phi) is 7.45. The maximum absolute atomic E-state index is 13.2. The third-order valence-corrected chi connectivity index (χ3v) is 5.01. The molecule has 0 saturated carbocycles. The molecule has 1 atom stereocenters. The van der Waals surface area contributed by atoms with Crippen LogP contribution in [0.4, 0.5) is 13.2 Å². The van der Waals surface area contributed by atoms with Gasteiger partial charge in [0.25, 0.3) is 0 Å². The zero-order valence-electron chi connectivity index (χ0n) is 14.9. The van der Waals surface area contributed by atoms with E-state index in [-0.39, 0.29) is 12.0 Å². The number of hydrogen-bond donors (Lipinski definition) is 0. The first kappa shape index (κ1) is 21.7. The van der Waals surface area contributed by atoms with Crippen molar-refractivity contribution in [1.29, 1.82) is 0 Å². The fourth-order valence-corrected chi connectivity index (χ4v) is 3.55. The van der Waals surface area contributed by atoms with Gasteiger partial charge in [-0.15, -0.1) is 0 Å². The van der Waals surface area contributed by atoms with Crippen LogP contribution in [0.2, 0.25) is 0 Å². The first-order valence-electron chi connectivity index (χ1n) is 8.27. The Balaban J connectivity index is 2.11. The molecule has 0 saturated heterocycles. The molecule has 0 aromatic heterocycles. The quantitative estimate of drug-likeness (QED) is 0.454. The van der Waals surface area contributed by atoms with Crippen LogP contribution in [0, 0.1) is 10.1 Å². The van der Waals surface area contributed by atoms with Gasteiger partial charge < -0.3 is 4.74 Å². The highest BCUT2D eigenvalue weighted by Gasteiger charge is 2.36. The van der Waals surface area contributed by atoms with Crippen LogP contribution in [0.3, 0.4) is 0 Å². The molecule has 0 bridgehead atoms. The molecule has 2 aromatic rings. The van der Waals surface area contributed by atoms with E-state index in [2.05, 4.69) is 0 Å². The molecule has 0 spiro atoms. The molecule has 0 heterocycles. The summed E-state index contributed by atoms with van der Waals surface area (Å²) in [7, 11) is 1.53. The molecule has 0 fully saturated rings. The van der Waals surface area contributed by atoms with E-state index in [4.69, 9.17) is 4.74 Å². The van der Waals surface area contributed by atoms with Crippen molar-refractivity contribution in [3.05, 3.63) is 75.3 Å². The van der Waals surface area contributed by atoms with E-state index >= 15 is 0 Å². The molecule has 0 aliphatic rings. The van der Waals surface area contributed by atoms with E-state index in [0.29, 0.717) is 11.5 Å². The van der Waals surface area contributed by atoms with E-state index in [1.54, 1.807) is 24.3 Å². The van der Waals surface area contributed by atoms with Gasteiger partial charge in [0.15, 0.2) is 5.12 Å². The second-order valence-corrected chi connectivity index (χ2v) is 7.04. The van der Waals surface area contributed by atoms with E-state index in [9.17, 15) is 28.1 Å². The molecular formula is C19H18F3NO4S. The Labute approximate surface area is 164 Å². The summed E-state index contributed by atoms with van der Waals surface area (Å²) in [4.78, 5) is 22.6. The molecule has 0 amide bonds. The number of carbonyl (C=O) groups is 1. The van der Waals surface area contributed by atoms with Crippen molar-refractivity contribution in [2.45, 2.75) is 24.3 Å². The Bertz CT molecular complexity index is 825. The van der Waals surface area contributed by atoms with Gasteiger partial charge in [0.2, 0.25) is 6.54 Å². The molecule has 28 heavy (non-hydrogen) atoms. The number of nitrogens with zero attached hydrogens (tertiary/aromatic N) is 1. The van der Waals surface area contributed by atoms with Crippen molar-refractivity contribution in [2.24, 2.45) is 0 Å². The largest absolute Gasteiger partial charge is 0.497 e. The van der Waals surface area contributed by atoms with Gasteiger partial charge in [-0.2, -0.15) is 13.2 Å². The summed E-state index contributed by atoms with van der Waals surface area (Å²) >= 11 is 0.923. The van der Waals surface area contributed by atoms with Crippen molar-refractivity contribution in [3.8, 4) is 5.75 Å². The summed E-state index contributed by atoms with van der Waals surface area (Å²) in [5.41, 5.74) is -0.347. The molecule has 9 heteroatoms. The number of thioether (sulfide) groups is 1. The summed E-state index contributed by atoms with van der Waals surface area (Å²) in [6, 6.07) is 11.7. The summed E-state index contributed by atoms with van der Waals surface area (Å²) in [6.07, 6.45) is -5.00. The number of alkyl halides is 3. The maximum Gasteiger partial charge on any atom is 0.416 e. The van der Waals surface area contributed by atoms with E-state index in [1.165, 1.54) is 25.3 Å². The summed E-state index contributed by atoms with van der Waals surface area (Å²) in [5, 5.41) is 10.6. The number of hydrogen-bond acceptors (Lipinski definition) is 5. The molecule has 150 valence electrons. The third kappa shape index (κ3) is 6.26. The molecule has 0 aliphatic carbocycles. The van der Waals surface area contributed by atoms with E-state index in [0.717, 1.165) is 23.4 Å². The molecule has 0 radical (unpaired) electrons. The zero-order valence-corrected chi connectivity index (χ0v) is 15.8. The zero-order chi connectivity index (χ0) is 20.7. The van der Waals surface area contributed by atoms with Crippen LogP contribution in [-0.4, -0.2) is 23.7 Å². The van der Waals surface area contributed by atoms with E-state index < -0.39 is 34.2 Å². The second kappa shape index (κ2) is 9.59. The SMILES string of the molecule is COc1ccc(CSC(=O)C[C@H](C[N+](=O)[O-])c2ccccc2C(F)(F)F)cc1. The van der Waals surface area contributed by atoms with Gasteiger partial charge in [-0.05, 0) is 29.3 Å². The maximum atomic E-state index is 13.2. The van der Waals surface area contributed by atoms with Crippen LogP contribution in [0.25, 0.3) is 0 Å². The average Bonchev–Trinajstić information content (AvgIpc) is 2.65. The number of methoxy groups -OCH3 is 1. The molecule has 0 unspecified atom stereocenters. The monoisotopic (exact) mass is 413 g/mol. The number of ether oxygens (including phenoxy) is 1. The van der Waals surface area contributed by atoms with Crippen molar-refractivity contribution in [3.63, 3.8) is 0 Å². The number of rotatable bonds is 8. The minimum Gasteiger partial charge on any atom is -0.497 e. The number of carbonyl (C=O) groups excluding carboxylic acids is 1. The van der Waals surface area contributed by atoms with Gasteiger partial charge in [-0.25, -0.2) is 0 Å². The Hall–Kier alpha value is -2.55. The molecule has 2 rings (SSSR count). The molecule has 2 aromatic carbocycles. The van der Waals surface area contributed by atoms with Gasteiger partial charge in [0.1, 0.15) is 5.75 Å². The van der Waals surface area contributed by atoms with Gasteiger partial charge in [0, 0.05) is 17.1 Å². The first-order chi connectivity index (χ1) is 13.2.